The number of phenolic OH excluding ortho intramolecular Hbond substituents is 1. The minimum Gasteiger partial charge on any atom is -0.508 e. The molecule has 1 unspecified atom stereocenters. The molecule has 0 aromatic heterocycles. The molecule has 0 radical (unpaired) electrons. The molecule has 2 heterocycles. The summed E-state index contributed by atoms with van der Waals surface area (Å²) in [6.45, 7) is 6.23. The second kappa shape index (κ2) is 15.0. The number of alkyl carbamates (subject to hydrolysis) is 1. The first-order chi connectivity index (χ1) is 23.7. The molecule has 14 heteroatoms. The highest BCUT2D eigenvalue weighted by Gasteiger charge is 2.40. The lowest BCUT2D eigenvalue weighted by Crippen LogP contribution is -2.33. The Labute approximate surface area is 291 Å². The molecule has 0 saturated carbocycles. The van der Waals surface area contributed by atoms with Crippen LogP contribution in [0.5, 0.6) is 5.75 Å². The third-order valence-electron chi connectivity index (χ3n) is 7.80. The number of carboxylic acids is 1. The predicted molar refractivity (Wildman–Crippen MR) is 188 cm³/mol. The van der Waals surface area contributed by atoms with Crippen molar-refractivity contribution >= 4 is 58.2 Å². The molecular formula is C36H37N3O10S. The molecule has 13 nitrogen and oxygen atoms in total. The molecule has 50 heavy (non-hydrogen) atoms. The second-order valence-corrected chi connectivity index (χ2v) is 14.0. The molecule has 4 amide bonds. The lowest BCUT2D eigenvalue weighted by molar-refractivity contribution is -0.121. The number of ether oxygens (including phenoxy) is 1. The van der Waals surface area contributed by atoms with Crippen LogP contribution >= 0.6 is 11.8 Å². The number of fused-ring (bicyclic) bond motifs is 2. The fourth-order valence-corrected chi connectivity index (χ4v) is 6.57. The van der Waals surface area contributed by atoms with Crippen LogP contribution < -0.4 is 21.0 Å². The maximum atomic E-state index is 13.4. The standard InChI is InChI=1S/C36H37N3O10S/c1-36(2,3)49-35(47)38-14-6-4-5-13-37-30(42)19-50-29-18-31(43)39(33(29)44)20-7-10-23(26(15-20)34(45)46)32-24-11-8-21(40)16-27(24)48-28-17-22(41)9-12-25(28)32/h7-12,15-17,29,40H,4-6,13-14,18-19H2,1-3H3,(H,37,42)(H,38,47)(H,45,46). The van der Waals surface area contributed by atoms with Gasteiger partial charge >= 0.3 is 12.1 Å². The zero-order valence-electron chi connectivity index (χ0n) is 27.7. The van der Waals surface area contributed by atoms with Gasteiger partial charge in [-0.15, -0.1) is 11.8 Å². The highest BCUT2D eigenvalue weighted by atomic mass is 32.2. The van der Waals surface area contributed by atoms with E-state index in [1.54, 1.807) is 26.8 Å². The van der Waals surface area contributed by atoms with Crippen LogP contribution in [-0.4, -0.2) is 69.7 Å². The number of rotatable bonds is 12. The number of hydrogen-bond donors (Lipinski definition) is 4. The largest absolute Gasteiger partial charge is 0.508 e. The smallest absolute Gasteiger partial charge is 0.407 e. The lowest BCUT2D eigenvalue weighted by Gasteiger charge is -2.19. The number of nitrogens with zero attached hydrogens (tertiary/aromatic N) is 1. The average Bonchev–Trinajstić information content (AvgIpc) is 3.32. The van der Waals surface area contributed by atoms with Crippen LogP contribution in [0, 0.1) is 0 Å². The maximum Gasteiger partial charge on any atom is 0.407 e. The molecule has 1 atom stereocenters. The van der Waals surface area contributed by atoms with Crippen molar-refractivity contribution < 1.29 is 43.3 Å². The van der Waals surface area contributed by atoms with Crippen molar-refractivity contribution in [3.63, 3.8) is 0 Å². The first-order valence-corrected chi connectivity index (χ1v) is 17.1. The van der Waals surface area contributed by atoms with E-state index < -0.39 is 34.7 Å². The fraction of sp³-hybridized carbons (Fsp3) is 0.333. The number of aromatic hydroxyl groups is 1. The molecule has 1 saturated heterocycles. The third kappa shape index (κ3) is 8.43. The van der Waals surface area contributed by atoms with E-state index in [9.17, 15) is 39.0 Å². The van der Waals surface area contributed by atoms with Crippen LogP contribution in [-0.2, 0) is 19.1 Å². The topological polar surface area (TPSA) is 193 Å². The highest BCUT2D eigenvalue weighted by molar-refractivity contribution is 8.01. The van der Waals surface area contributed by atoms with Crippen LogP contribution in [0.4, 0.5) is 10.5 Å². The Bertz CT molecular complexity index is 2000. The van der Waals surface area contributed by atoms with E-state index in [0.717, 1.165) is 23.1 Å². The van der Waals surface area contributed by atoms with Gasteiger partial charge in [0.25, 0.3) is 0 Å². The normalized spacial score (nSPS) is 14.7. The van der Waals surface area contributed by atoms with Crippen molar-refractivity contribution in [2.75, 3.05) is 23.7 Å². The van der Waals surface area contributed by atoms with Crippen LogP contribution in [0.1, 0.15) is 56.8 Å². The Morgan fingerprint density at radius 2 is 1.66 bits per heavy atom. The number of unbranched alkanes of at least 4 members (excludes halogenated alkanes) is 2. The van der Waals surface area contributed by atoms with E-state index in [-0.39, 0.29) is 57.4 Å². The summed E-state index contributed by atoms with van der Waals surface area (Å²) in [7, 11) is 0. The summed E-state index contributed by atoms with van der Waals surface area (Å²) in [6, 6.07) is 12.7. The molecule has 3 aliphatic rings. The monoisotopic (exact) mass is 703 g/mol. The molecule has 2 aromatic carbocycles. The van der Waals surface area contributed by atoms with E-state index >= 15 is 0 Å². The first-order valence-electron chi connectivity index (χ1n) is 16.0. The number of nitrogens with one attached hydrogen (secondary N) is 2. The number of phenols is 1. The van der Waals surface area contributed by atoms with Gasteiger partial charge in [0.2, 0.25) is 17.7 Å². The Hall–Kier alpha value is -5.37. The van der Waals surface area contributed by atoms with E-state index in [1.165, 1.54) is 48.5 Å². The predicted octanol–water partition coefficient (Wildman–Crippen LogP) is 5.14. The number of aromatic carboxylic acids is 1. The SMILES string of the molecule is CC(C)(C)OC(=O)NCCCCCNC(=O)CSC1CC(=O)N(c2ccc(-c3c4ccc(=O)cc-4oc4cc(O)ccc34)c(C(=O)O)c2)C1=O. The molecule has 2 aromatic rings. The van der Waals surface area contributed by atoms with Crippen molar-refractivity contribution in [1.82, 2.24) is 10.6 Å². The van der Waals surface area contributed by atoms with Gasteiger partial charge in [0.1, 0.15) is 22.7 Å². The molecular weight excluding hydrogens is 666 g/mol. The van der Waals surface area contributed by atoms with Crippen LogP contribution in [0.2, 0.25) is 0 Å². The Morgan fingerprint density at radius 3 is 2.38 bits per heavy atom. The Kier molecular flexibility index (Phi) is 10.8. The van der Waals surface area contributed by atoms with Crippen LogP contribution in [0.3, 0.4) is 0 Å². The Balaban J connectivity index is 1.23. The molecule has 262 valence electrons. The number of carboxylic acid groups (broad SMARTS) is 1. The maximum absolute atomic E-state index is 13.4. The van der Waals surface area contributed by atoms with Crippen LogP contribution in [0.25, 0.3) is 33.4 Å². The number of anilines is 1. The quantitative estimate of drug-likeness (QED) is 0.0867. The van der Waals surface area contributed by atoms with Crippen molar-refractivity contribution in [2.24, 2.45) is 0 Å². The summed E-state index contributed by atoms with van der Waals surface area (Å²) in [4.78, 5) is 76.2. The minimum absolute atomic E-state index is 0.0448. The summed E-state index contributed by atoms with van der Waals surface area (Å²) in [5.41, 5.74) is 0.339. The van der Waals surface area contributed by atoms with Crippen molar-refractivity contribution in [1.29, 1.82) is 0 Å². The van der Waals surface area contributed by atoms with Gasteiger partial charge in [-0.2, -0.15) is 0 Å². The average molecular weight is 704 g/mol. The molecule has 0 bridgehead atoms. The number of thioether (sulfide) groups is 1. The zero-order valence-corrected chi connectivity index (χ0v) is 28.6. The van der Waals surface area contributed by atoms with Gasteiger partial charge in [-0.1, -0.05) is 6.07 Å². The molecule has 0 spiro atoms. The van der Waals surface area contributed by atoms with Gasteiger partial charge in [-0.25, -0.2) is 14.5 Å². The van der Waals surface area contributed by atoms with Crippen molar-refractivity contribution in [2.45, 2.75) is 57.3 Å². The Morgan fingerprint density at radius 1 is 0.940 bits per heavy atom. The minimum atomic E-state index is -1.32. The van der Waals surface area contributed by atoms with Crippen LogP contribution in [0.15, 0.2) is 63.8 Å². The molecule has 4 N–H and O–H groups in total. The number of imide groups is 1. The van der Waals surface area contributed by atoms with E-state index in [2.05, 4.69) is 10.6 Å². The summed E-state index contributed by atoms with van der Waals surface area (Å²) in [5, 5.41) is 25.5. The number of carbonyl (C=O) groups excluding carboxylic acids is 4. The third-order valence-corrected chi connectivity index (χ3v) is 9.00. The number of carbonyl (C=O) groups is 5. The second-order valence-electron chi connectivity index (χ2n) is 12.8. The van der Waals surface area contributed by atoms with Gasteiger partial charge in [-0.3, -0.25) is 19.2 Å². The highest BCUT2D eigenvalue weighted by Crippen LogP contribution is 2.43. The van der Waals surface area contributed by atoms with Gasteiger partial charge < -0.3 is 30.0 Å². The molecule has 5 rings (SSSR count). The summed E-state index contributed by atoms with van der Waals surface area (Å²) >= 11 is 1.04. The van der Waals surface area contributed by atoms with Crippen molar-refractivity contribution in [3.8, 4) is 28.2 Å². The fourth-order valence-electron chi connectivity index (χ4n) is 5.61. The number of hydrogen-bond acceptors (Lipinski definition) is 10. The molecule has 1 fully saturated rings. The van der Waals surface area contributed by atoms with Gasteiger partial charge in [0.05, 0.1) is 22.3 Å². The van der Waals surface area contributed by atoms with E-state index in [1.807, 2.05) is 0 Å². The van der Waals surface area contributed by atoms with Gasteiger partial charge in [-0.05, 0) is 82.0 Å². The van der Waals surface area contributed by atoms with Crippen molar-refractivity contribution in [3.05, 3.63) is 70.4 Å². The van der Waals surface area contributed by atoms with Gasteiger partial charge in [0, 0.05) is 48.2 Å². The zero-order chi connectivity index (χ0) is 36.2. The van der Waals surface area contributed by atoms with E-state index in [4.69, 9.17) is 9.15 Å². The van der Waals surface area contributed by atoms with E-state index in [0.29, 0.717) is 42.4 Å². The molecule has 1 aliphatic carbocycles. The summed E-state index contributed by atoms with van der Waals surface area (Å²) in [6.07, 6.45) is 1.54. The number of benzene rings is 3. The summed E-state index contributed by atoms with van der Waals surface area (Å²) in [5.74, 6) is -2.62. The first kappa shape index (κ1) is 35.9. The molecule has 2 aliphatic heterocycles. The summed E-state index contributed by atoms with van der Waals surface area (Å²) < 4.78 is 11.0. The lowest BCUT2D eigenvalue weighted by atomic mass is 9.90. The number of amides is 4. The van der Waals surface area contributed by atoms with Gasteiger partial charge in [0.15, 0.2) is 5.43 Å².